The minimum atomic E-state index is 0.233. The van der Waals surface area contributed by atoms with Gasteiger partial charge >= 0.3 is 0 Å². The Bertz CT molecular complexity index is 977. The predicted octanol–water partition coefficient (Wildman–Crippen LogP) is 3.42. The van der Waals surface area contributed by atoms with E-state index in [1.165, 1.54) is 0 Å². The van der Waals surface area contributed by atoms with Gasteiger partial charge in [-0.2, -0.15) is 10.2 Å². The van der Waals surface area contributed by atoms with Crippen molar-refractivity contribution in [3.63, 3.8) is 0 Å². The Morgan fingerprint density at radius 1 is 1.04 bits per heavy atom. The van der Waals surface area contributed by atoms with Gasteiger partial charge in [-0.1, -0.05) is 18.2 Å². The Morgan fingerprint density at radius 3 is 2.74 bits per heavy atom. The summed E-state index contributed by atoms with van der Waals surface area (Å²) in [6.45, 7) is 2.97. The van der Waals surface area contributed by atoms with Crippen molar-refractivity contribution >= 4 is 5.95 Å². The lowest BCUT2D eigenvalue weighted by molar-refractivity contribution is 0.544. The van der Waals surface area contributed by atoms with Crippen LogP contribution in [-0.4, -0.2) is 35.6 Å². The Labute approximate surface area is 157 Å². The van der Waals surface area contributed by atoms with E-state index in [0.717, 1.165) is 29.9 Å². The summed E-state index contributed by atoms with van der Waals surface area (Å²) < 4.78 is 3.77. The van der Waals surface area contributed by atoms with Gasteiger partial charge in [-0.05, 0) is 37.6 Å². The maximum absolute atomic E-state index is 4.64. The van der Waals surface area contributed by atoms with Crippen molar-refractivity contribution in [2.45, 2.75) is 25.9 Å². The molecule has 3 aromatic heterocycles. The lowest BCUT2D eigenvalue weighted by Crippen LogP contribution is -2.19. The molecule has 1 N–H and O–H groups in total. The number of anilines is 1. The van der Waals surface area contributed by atoms with E-state index in [1.54, 1.807) is 12.4 Å². The van der Waals surface area contributed by atoms with Crippen molar-refractivity contribution in [3.05, 3.63) is 73.4 Å². The number of aromatic nitrogens is 6. The summed E-state index contributed by atoms with van der Waals surface area (Å²) in [6.07, 6.45) is 10.3. The van der Waals surface area contributed by atoms with E-state index >= 15 is 0 Å². The molecule has 0 amide bonds. The van der Waals surface area contributed by atoms with E-state index in [-0.39, 0.29) is 6.04 Å². The highest BCUT2D eigenvalue weighted by Gasteiger charge is 2.09. The van der Waals surface area contributed by atoms with Crippen LogP contribution < -0.4 is 5.32 Å². The molecule has 0 spiro atoms. The third kappa shape index (κ3) is 4.20. The van der Waals surface area contributed by atoms with Crippen LogP contribution in [0.3, 0.4) is 0 Å². The summed E-state index contributed by atoms with van der Waals surface area (Å²) >= 11 is 0. The molecule has 0 radical (unpaired) electrons. The Kier molecular flexibility index (Phi) is 4.91. The first kappa shape index (κ1) is 17.0. The fraction of sp³-hybridized carbons (Fsp3) is 0.200. The zero-order chi connectivity index (χ0) is 18.5. The summed E-state index contributed by atoms with van der Waals surface area (Å²) in [6, 6.07) is 14.1. The summed E-state index contributed by atoms with van der Waals surface area (Å²) in [4.78, 5) is 8.98. The summed E-state index contributed by atoms with van der Waals surface area (Å²) in [7, 11) is 0. The highest BCUT2D eigenvalue weighted by molar-refractivity contribution is 5.58. The lowest BCUT2D eigenvalue weighted by Gasteiger charge is -2.14. The molecule has 4 rings (SSSR count). The summed E-state index contributed by atoms with van der Waals surface area (Å²) in [5.74, 6) is 0.618. The SMILES string of the molecule is CC(CCn1cccn1)Nc1nccc(-c2cnn(-c3ccccc3)c2)n1. The first-order valence-electron chi connectivity index (χ1n) is 8.95. The smallest absolute Gasteiger partial charge is 0.223 e. The van der Waals surface area contributed by atoms with Crippen molar-refractivity contribution < 1.29 is 0 Å². The van der Waals surface area contributed by atoms with Crippen LogP contribution in [0.25, 0.3) is 16.9 Å². The van der Waals surface area contributed by atoms with Crippen LogP contribution in [0.1, 0.15) is 13.3 Å². The molecule has 7 nitrogen and oxygen atoms in total. The molecule has 0 aliphatic carbocycles. The van der Waals surface area contributed by atoms with E-state index in [2.05, 4.69) is 32.4 Å². The largest absolute Gasteiger partial charge is 0.352 e. The fourth-order valence-corrected chi connectivity index (χ4v) is 2.82. The first-order valence-corrected chi connectivity index (χ1v) is 8.95. The van der Waals surface area contributed by atoms with Crippen molar-refractivity contribution in [1.29, 1.82) is 0 Å². The third-order valence-electron chi connectivity index (χ3n) is 4.28. The van der Waals surface area contributed by atoms with Crippen LogP contribution in [0.5, 0.6) is 0 Å². The molecule has 0 bridgehead atoms. The second-order valence-corrected chi connectivity index (χ2v) is 6.38. The van der Waals surface area contributed by atoms with Gasteiger partial charge in [-0.15, -0.1) is 0 Å². The Morgan fingerprint density at radius 2 is 1.93 bits per heavy atom. The summed E-state index contributed by atoms with van der Waals surface area (Å²) in [5, 5.41) is 12.0. The number of benzene rings is 1. The maximum atomic E-state index is 4.64. The number of aryl methyl sites for hydroxylation is 1. The first-order chi connectivity index (χ1) is 13.3. The number of para-hydroxylation sites is 1. The predicted molar refractivity (Wildman–Crippen MR) is 105 cm³/mol. The molecule has 0 saturated carbocycles. The van der Waals surface area contributed by atoms with E-state index < -0.39 is 0 Å². The average Bonchev–Trinajstić information content (AvgIpc) is 3.39. The maximum Gasteiger partial charge on any atom is 0.223 e. The zero-order valence-electron chi connectivity index (χ0n) is 15.1. The molecule has 1 atom stereocenters. The van der Waals surface area contributed by atoms with Crippen molar-refractivity contribution in [3.8, 4) is 16.9 Å². The van der Waals surface area contributed by atoms with Crippen LogP contribution >= 0.6 is 0 Å². The molecule has 0 saturated heterocycles. The zero-order valence-corrected chi connectivity index (χ0v) is 15.1. The van der Waals surface area contributed by atoms with E-state index in [9.17, 15) is 0 Å². The highest BCUT2D eigenvalue weighted by atomic mass is 15.3. The number of nitrogens with zero attached hydrogens (tertiary/aromatic N) is 6. The van der Waals surface area contributed by atoms with Gasteiger partial charge in [0.2, 0.25) is 5.95 Å². The highest BCUT2D eigenvalue weighted by Crippen LogP contribution is 2.19. The number of nitrogens with one attached hydrogen (secondary N) is 1. The van der Waals surface area contributed by atoms with E-state index in [1.807, 2.05) is 70.4 Å². The van der Waals surface area contributed by atoms with Gasteiger partial charge in [0.25, 0.3) is 0 Å². The third-order valence-corrected chi connectivity index (χ3v) is 4.28. The Hall–Kier alpha value is -3.48. The number of hydrogen-bond acceptors (Lipinski definition) is 5. The fourth-order valence-electron chi connectivity index (χ4n) is 2.82. The number of hydrogen-bond donors (Lipinski definition) is 1. The van der Waals surface area contributed by atoms with Crippen LogP contribution in [0.2, 0.25) is 0 Å². The number of rotatable bonds is 7. The molecule has 136 valence electrons. The van der Waals surface area contributed by atoms with Gasteiger partial charge in [-0.3, -0.25) is 4.68 Å². The molecule has 1 unspecified atom stereocenters. The van der Waals surface area contributed by atoms with Crippen molar-refractivity contribution in [2.24, 2.45) is 0 Å². The molecule has 27 heavy (non-hydrogen) atoms. The molecular weight excluding hydrogens is 338 g/mol. The topological polar surface area (TPSA) is 73.5 Å². The van der Waals surface area contributed by atoms with E-state index in [4.69, 9.17) is 0 Å². The molecule has 1 aromatic carbocycles. The van der Waals surface area contributed by atoms with E-state index in [0.29, 0.717) is 5.95 Å². The van der Waals surface area contributed by atoms with Gasteiger partial charge in [0.1, 0.15) is 0 Å². The minimum absolute atomic E-state index is 0.233. The van der Waals surface area contributed by atoms with Crippen molar-refractivity contribution in [1.82, 2.24) is 29.5 Å². The molecule has 7 heteroatoms. The molecule has 0 aliphatic heterocycles. The standard InChI is InChI=1S/C20H21N7/c1-16(9-13-26-12-5-10-22-26)24-20-21-11-8-19(25-20)17-14-23-27(15-17)18-6-3-2-4-7-18/h2-8,10-12,14-16H,9,13H2,1H3,(H,21,24,25). The van der Waals surface area contributed by atoms with Crippen LogP contribution in [0, 0.1) is 0 Å². The molecule has 3 heterocycles. The lowest BCUT2D eigenvalue weighted by atomic mass is 10.2. The van der Waals surface area contributed by atoms with Crippen molar-refractivity contribution in [2.75, 3.05) is 5.32 Å². The van der Waals surface area contributed by atoms with Gasteiger partial charge in [-0.25, -0.2) is 14.6 Å². The van der Waals surface area contributed by atoms with Gasteiger partial charge in [0.05, 0.1) is 17.6 Å². The summed E-state index contributed by atoms with van der Waals surface area (Å²) in [5.41, 5.74) is 2.81. The average molecular weight is 359 g/mol. The second kappa shape index (κ2) is 7.82. The molecule has 4 aromatic rings. The van der Waals surface area contributed by atoms with Gasteiger partial charge < -0.3 is 5.32 Å². The van der Waals surface area contributed by atoms with Crippen LogP contribution in [-0.2, 0) is 6.54 Å². The molecule has 0 aliphatic rings. The minimum Gasteiger partial charge on any atom is -0.352 e. The Balaban J connectivity index is 1.44. The van der Waals surface area contributed by atoms with Gasteiger partial charge in [0, 0.05) is 42.9 Å². The normalized spacial score (nSPS) is 12.0. The monoisotopic (exact) mass is 359 g/mol. The molecular formula is C20H21N7. The van der Waals surface area contributed by atoms with Crippen LogP contribution in [0.15, 0.2) is 73.4 Å². The second-order valence-electron chi connectivity index (χ2n) is 6.38. The quantitative estimate of drug-likeness (QED) is 0.547. The van der Waals surface area contributed by atoms with Gasteiger partial charge in [0.15, 0.2) is 0 Å². The molecule has 0 fully saturated rings. The van der Waals surface area contributed by atoms with Crippen LogP contribution in [0.4, 0.5) is 5.95 Å².